The zero-order valence-corrected chi connectivity index (χ0v) is 8.57. The summed E-state index contributed by atoms with van der Waals surface area (Å²) in [5, 5.41) is 7.31. The van der Waals surface area contributed by atoms with Crippen molar-refractivity contribution < 1.29 is 4.79 Å². The fourth-order valence-electron chi connectivity index (χ4n) is 1.31. The van der Waals surface area contributed by atoms with Gasteiger partial charge in [0.1, 0.15) is 0 Å². The second-order valence-electron chi connectivity index (χ2n) is 3.36. The number of ketones is 1. The average molecular weight is 192 g/mol. The van der Waals surface area contributed by atoms with Gasteiger partial charge in [-0.1, -0.05) is 26.2 Å². The molecule has 0 aliphatic rings. The number of Topliss-reactive ketones (excluding diaryl/α,β-unsaturated/α-hetero) is 1. The summed E-state index contributed by atoms with van der Waals surface area (Å²) in [5.41, 5.74) is 0.677. The van der Waals surface area contributed by atoms with Gasteiger partial charge in [-0.25, -0.2) is 0 Å². The van der Waals surface area contributed by atoms with Crippen LogP contribution in [0.2, 0.25) is 0 Å². The summed E-state index contributed by atoms with van der Waals surface area (Å²) in [5.74, 6) is 0.177. The van der Waals surface area contributed by atoms with Gasteiger partial charge in [-0.15, -0.1) is 0 Å². The Kier molecular flexibility index (Phi) is 4.83. The molecular weight excluding hydrogens is 176 g/mol. The molecule has 1 aromatic heterocycles. The van der Waals surface area contributed by atoms with Gasteiger partial charge >= 0.3 is 0 Å². The Morgan fingerprint density at radius 3 is 2.79 bits per heavy atom. The molecule has 0 spiro atoms. The van der Waals surface area contributed by atoms with Crippen LogP contribution in [0.3, 0.4) is 0 Å². The number of carbonyl (C=O) groups is 1. The number of hydrogen-bond acceptors (Lipinski definition) is 3. The van der Waals surface area contributed by atoms with Gasteiger partial charge in [0.2, 0.25) is 0 Å². The number of aromatic nitrogens is 2. The molecular formula is C11H16N2O. The maximum Gasteiger partial charge on any atom is 0.164 e. The van der Waals surface area contributed by atoms with E-state index < -0.39 is 0 Å². The smallest absolute Gasteiger partial charge is 0.164 e. The highest BCUT2D eigenvalue weighted by Gasteiger charge is 2.04. The summed E-state index contributed by atoms with van der Waals surface area (Å²) >= 11 is 0. The normalized spacial score (nSPS) is 10.1. The number of hydrogen-bond donors (Lipinski definition) is 0. The Balaban J connectivity index is 2.29. The van der Waals surface area contributed by atoms with Crippen molar-refractivity contribution in [2.45, 2.75) is 39.0 Å². The predicted octanol–water partition coefficient (Wildman–Crippen LogP) is 2.63. The van der Waals surface area contributed by atoms with Gasteiger partial charge in [0.05, 0.1) is 12.4 Å². The fraction of sp³-hybridized carbons (Fsp3) is 0.545. The molecule has 14 heavy (non-hydrogen) atoms. The minimum absolute atomic E-state index is 0.177. The molecule has 3 nitrogen and oxygen atoms in total. The van der Waals surface area contributed by atoms with Crippen molar-refractivity contribution in [3.8, 4) is 0 Å². The molecule has 0 aliphatic heterocycles. The number of carbonyl (C=O) groups excluding carboxylic acids is 1. The molecule has 76 valence electrons. The Hall–Kier alpha value is -1.25. The average Bonchev–Trinajstić information content (AvgIpc) is 2.25. The number of rotatable bonds is 6. The number of unbranched alkanes of at least 4 members (excludes halogenated alkanes) is 3. The summed E-state index contributed by atoms with van der Waals surface area (Å²) in [6.07, 6.45) is 8.25. The van der Waals surface area contributed by atoms with Crippen LogP contribution < -0.4 is 0 Å². The highest BCUT2D eigenvalue weighted by Crippen LogP contribution is 2.07. The van der Waals surface area contributed by atoms with Gasteiger partial charge in [-0.2, -0.15) is 10.2 Å². The van der Waals surface area contributed by atoms with Crippen LogP contribution in [0.1, 0.15) is 49.4 Å². The first kappa shape index (κ1) is 10.8. The van der Waals surface area contributed by atoms with Gasteiger partial charge in [0.15, 0.2) is 5.78 Å². The topological polar surface area (TPSA) is 42.9 Å². The van der Waals surface area contributed by atoms with Crippen LogP contribution >= 0.6 is 0 Å². The first-order valence-electron chi connectivity index (χ1n) is 5.14. The van der Waals surface area contributed by atoms with Gasteiger partial charge in [0.25, 0.3) is 0 Å². The molecule has 0 amide bonds. The van der Waals surface area contributed by atoms with Crippen molar-refractivity contribution in [3.05, 3.63) is 24.0 Å². The van der Waals surface area contributed by atoms with Crippen LogP contribution in [-0.4, -0.2) is 16.0 Å². The van der Waals surface area contributed by atoms with E-state index in [9.17, 15) is 4.79 Å². The van der Waals surface area contributed by atoms with Crippen molar-refractivity contribution in [1.82, 2.24) is 10.2 Å². The first-order valence-corrected chi connectivity index (χ1v) is 5.14. The van der Waals surface area contributed by atoms with Crippen LogP contribution in [0.5, 0.6) is 0 Å². The summed E-state index contributed by atoms with van der Waals surface area (Å²) in [6.45, 7) is 2.16. The summed E-state index contributed by atoms with van der Waals surface area (Å²) in [7, 11) is 0. The van der Waals surface area contributed by atoms with Crippen LogP contribution in [-0.2, 0) is 0 Å². The Morgan fingerprint density at radius 1 is 1.29 bits per heavy atom. The molecule has 0 fully saturated rings. The quantitative estimate of drug-likeness (QED) is 0.514. The second kappa shape index (κ2) is 6.24. The Bertz CT molecular complexity index is 272. The Labute approximate surface area is 84.6 Å². The van der Waals surface area contributed by atoms with Crippen molar-refractivity contribution >= 4 is 5.78 Å². The SMILES string of the molecule is CCCCCCC(=O)c1ccnnc1. The van der Waals surface area contributed by atoms with E-state index in [0.717, 1.165) is 12.8 Å². The molecule has 0 bridgehead atoms. The molecule has 0 atom stereocenters. The maximum atomic E-state index is 11.5. The Morgan fingerprint density at radius 2 is 2.14 bits per heavy atom. The van der Waals surface area contributed by atoms with Crippen molar-refractivity contribution in [3.63, 3.8) is 0 Å². The highest BCUT2D eigenvalue weighted by molar-refractivity contribution is 5.95. The zero-order chi connectivity index (χ0) is 10.2. The van der Waals surface area contributed by atoms with E-state index >= 15 is 0 Å². The van der Waals surface area contributed by atoms with Crippen molar-refractivity contribution in [2.75, 3.05) is 0 Å². The fourth-order valence-corrected chi connectivity index (χ4v) is 1.31. The standard InChI is InChI=1S/C11H16N2O/c1-2-3-4-5-6-11(14)10-7-8-12-13-9-10/h7-9H,2-6H2,1H3. The molecule has 0 saturated heterocycles. The van der Waals surface area contributed by atoms with Crippen LogP contribution in [0, 0.1) is 0 Å². The lowest BCUT2D eigenvalue weighted by Crippen LogP contribution is -1.99. The molecule has 0 radical (unpaired) electrons. The van der Waals surface area contributed by atoms with E-state index in [1.807, 2.05) is 0 Å². The van der Waals surface area contributed by atoms with Crippen molar-refractivity contribution in [2.24, 2.45) is 0 Å². The third kappa shape index (κ3) is 3.64. The maximum absolute atomic E-state index is 11.5. The zero-order valence-electron chi connectivity index (χ0n) is 8.57. The summed E-state index contributed by atoms with van der Waals surface area (Å²) in [6, 6.07) is 1.72. The molecule has 0 saturated carbocycles. The van der Waals surface area contributed by atoms with Gasteiger partial charge in [0, 0.05) is 12.0 Å². The second-order valence-corrected chi connectivity index (χ2v) is 3.36. The molecule has 3 heteroatoms. The lowest BCUT2D eigenvalue weighted by Gasteiger charge is -1.99. The van der Waals surface area contributed by atoms with E-state index in [2.05, 4.69) is 17.1 Å². The van der Waals surface area contributed by atoms with E-state index in [0.29, 0.717) is 12.0 Å². The van der Waals surface area contributed by atoms with Crippen LogP contribution in [0.4, 0.5) is 0 Å². The molecule has 0 N–H and O–H groups in total. The minimum atomic E-state index is 0.177. The first-order chi connectivity index (χ1) is 6.84. The van der Waals surface area contributed by atoms with E-state index in [4.69, 9.17) is 0 Å². The van der Waals surface area contributed by atoms with Gasteiger partial charge in [-0.05, 0) is 12.5 Å². The predicted molar refractivity (Wildman–Crippen MR) is 55.1 cm³/mol. The van der Waals surface area contributed by atoms with E-state index in [1.165, 1.54) is 19.0 Å². The molecule has 1 heterocycles. The van der Waals surface area contributed by atoms with Crippen LogP contribution in [0.25, 0.3) is 0 Å². The molecule has 1 aromatic rings. The van der Waals surface area contributed by atoms with Crippen LogP contribution in [0.15, 0.2) is 18.5 Å². The molecule has 1 rings (SSSR count). The van der Waals surface area contributed by atoms with Crippen molar-refractivity contribution in [1.29, 1.82) is 0 Å². The van der Waals surface area contributed by atoms with Gasteiger partial charge in [-0.3, -0.25) is 4.79 Å². The number of nitrogens with zero attached hydrogens (tertiary/aromatic N) is 2. The lowest BCUT2D eigenvalue weighted by molar-refractivity contribution is 0.0978. The minimum Gasteiger partial charge on any atom is -0.294 e. The summed E-state index contributed by atoms with van der Waals surface area (Å²) < 4.78 is 0. The highest BCUT2D eigenvalue weighted by atomic mass is 16.1. The van der Waals surface area contributed by atoms with E-state index in [1.54, 1.807) is 12.3 Å². The molecule has 0 aromatic carbocycles. The largest absolute Gasteiger partial charge is 0.294 e. The monoisotopic (exact) mass is 192 g/mol. The third-order valence-corrected chi connectivity index (χ3v) is 2.16. The lowest BCUT2D eigenvalue weighted by atomic mass is 10.1. The molecule has 0 unspecified atom stereocenters. The third-order valence-electron chi connectivity index (χ3n) is 2.16. The molecule has 0 aliphatic carbocycles. The summed E-state index contributed by atoms with van der Waals surface area (Å²) in [4.78, 5) is 11.5. The van der Waals surface area contributed by atoms with E-state index in [-0.39, 0.29) is 5.78 Å². The van der Waals surface area contributed by atoms with Gasteiger partial charge < -0.3 is 0 Å².